The fraction of sp³-hybridized carbons (Fsp3) is 0.875. The molecule has 154 valence electrons. The zero-order chi connectivity index (χ0) is 19.3. The van der Waals surface area contributed by atoms with Crippen molar-refractivity contribution < 1.29 is 9.90 Å². The normalized spacial score (nSPS) is 12.7. The van der Waals surface area contributed by atoms with Crippen LogP contribution < -0.4 is 0 Å². The molecule has 1 unspecified atom stereocenters. The zero-order valence-electron chi connectivity index (χ0n) is 17.8. The molecule has 0 aromatic carbocycles. The van der Waals surface area contributed by atoms with E-state index < -0.39 is 5.97 Å². The van der Waals surface area contributed by atoms with Crippen LogP contribution in [0.25, 0.3) is 0 Å². The Morgan fingerprint density at radius 2 is 1.08 bits per heavy atom. The molecule has 0 rings (SSSR count). The molecule has 1 atom stereocenters. The molecule has 0 saturated carbocycles. The van der Waals surface area contributed by atoms with Gasteiger partial charge in [0.25, 0.3) is 0 Å². The third-order valence-corrected chi connectivity index (χ3v) is 5.32. The van der Waals surface area contributed by atoms with Gasteiger partial charge in [0.15, 0.2) is 0 Å². The first-order valence-electron chi connectivity index (χ1n) is 11.6. The summed E-state index contributed by atoms with van der Waals surface area (Å²) >= 11 is 0. The van der Waals surface area contributed by atoms with Gasteiger partial charge in [-0.15, -0.1) is 0 Å². The molecule has 0 aliphatic rings. The Morgan fingerprint density at radius 3 is 1.50 bits per heavy atom. The van der Waals surface area contributed by atoms with Crippen molar-refractivity contribution >= 4 is 5.97 Å². The van der Waals surface area contributed by atoms with Gasteiger partial charge in [0.1, 0.15) is 0 Å². The molecule has 0 heterocycles. The summed E-state index contributed by atoms with van der Waals surface area (Å²) in [4.78, 5) is 10.7. The Balaban J connectivity index is 3.11. The maximum absolute atomic E-state index is 10.7. The molecular weight excluding hydrogens is 320 g/mol. The average molecular weight is 367 g/mol. The summed E-state index contributed by atoms with van der Waals surface area (Å²) in [7, 11) is 0. The second-order valence-electron chi connectivity index (χ2n) is 8.03. The first-order chi connectivity index (χ1) is 12.7. The van der Waals surface area contributed by atoms with Gasteiger partial charge >= 0.3 is 5.97 Å². The van der Waals surface area contributed by atoms with Gasteiger partial charge in [-0.3, -0.25) is 4.79 Å². The van der Waals surface area contributed by atoms with Crippen molar-refractivity contribution in [3.8, 4) is 0 Å². The van der Waals surface area contributed by atoms with E-state index in [1.807, 2.05) is 6.92 Å². The van der Waals surface area contributed by atoms with Crippen LogP contribution >= 0.6 is 0 Å². The second-order valence-corrected chi connectivity index (χ2v) is 8.03. The summed E-state index contributed by atoms with van der Waals surface area (Å²) in [6.45, 7) is 4.08. The minimum atomic E-state index is -0.650. The lowest BCUT2D eigenvalue weighted by Crippen LogP contribution is -2.08. The van der Waals surface area contributed by atoms with E-state index >= 15 is 0 Å². The van der Waals surface area contributed by atoms with E-state index in [0.29, 0.717) is 0 Å². The number of unbranched alkanes of at least 4 members (excludes halogenated alkanes) is 15. The van der Waals surface area contributed by atoms with Crippen LogP contribution in [0.5, 0.6) is 0 Å². The number of hydrogen-bond acceptors (Lipinski definition) is 1. The lowest BCUT2D eigenvalue weighted by Gasteiger charge is -2.05. The zero-order valence-corrected chi connectivity index (χ0v) is 17.8. The van der Waals surface area contributed by atoms with Crippen LogP contribution in [-0.4, -0.2) is 11.1 Å². The standard InChI is InChI=1S/C24H46O2/c1-3-4-5-6-7-8-9-10-11-12-13-14-15-16-17-18-19-20-21-22-23(2)24(25)26/h8-9,23H,3-7,10-22H2,1-2H3,(H,25,26)/b9-8-. The number of aliphatic carboxylic acids is 1. The first-order valence-corrected chi connectivity index (χ1v) is 11.6. The molecular formula is C24H46O2. The van der Waals surface area contributed by atoms with E-state index in [0.717, 1.165) is 12.8 Å². The number of hydrogen-bond donors (Lipinski definition) is 1. The van der Waals surface area contributed by atoms with Crippen LogP contribution in [0, 0.1) is 5.92 Å². The van der Waals surface area contributed by atoms with Crippen molar-refractivity contribution in [1.82, 2.24) is 0 Å². The Hall–Kier alpha value is -0.790. The van der Waals surface area contributed by atoms with Crippen LogP contribution in [0.2, 0.25) is 0 Å². The molecule has 0 aromatic rings. The van der Waals surface area contributed by atoms with Crippen molar-refractivity contribution in [3.63, 3.8) is 0 Å². The number of carbonyl (C=O) groups is 1. The highest BCUT2D eigenvalue weighted by atomic mass is 16.4. The largest absolute Gasteiger partial charge is 0.481 e. The highest BCUT2D eigenvalue weighted by Crippen LogP contribution is 2.14. The number of carboxylic acid groups (broad SMARTS) is 1. The lowest BCUT2D eigenvalue weighted by atomic mass is 10.0. The quantitative estimate of drug-likeness (QED) is 0.174. The molecule has 0 aromatic heterocycles. The molecule has 0 radical (unpaired) electrons. The molecule has 1 N–H and O–H groups in total. The van der Waals surface area contributed by atoms with Crippen molar-refractivity contribution in [1.29, 1.82) is 0 Å². The summed E-state index contributed by atoms with van der Waals surface area (Å²) < 4.78 is 0. The fourth-order valence-corrected chi connectivity index (χ4v) is 3.35. The van der Waals surface area contributed by atoms with E-state index in [4.69, 9.17) is 5.11 Å². The van der Waals surface area contributed by atoms with Crippen molar-refractivity contribution in [2.24, 2.45) is 5.92 Å². The summed E-state index contributed by atoms with van der Waals surface area (Å²) in [5.74, 6) is -0.820. The molecule has 0 spiro atoms. The van der Waals surface area contributed by atoms with Gasteiger partial charge in [-0.25, -0.2) is 0 Å². The third-order valence-electron chi connectivity index (χ3n) is 5.32. The highest BCUT2D eigenvalue weighted by Gasteiger charge is 2.09. The summed E-state index contributed by atoms with van der Waals surface area (Å²) in [5.41, 5.74) is 0. The average Bonchev–Trinajstić information content (AvgIpc) is 2.63. The number of carboxylic acids is 1. The van der Waals surface area contributed by atoms with Gasteiger partial charge in [-0.2, -0.15) is 0 Å². The van der Waals surface area contributed by atoms with Crippen LogP contribution in [0.4, 0.5) is 0 Å². The summed E-state index contributed by atoms with van der Waals surface area (Å²) in [5, 5.41) is 8.83. The van der Waals surface area contributed by atoms with E-state index in [2.05, 4.69) is 19.1 Å². The highest BCUT2D eigenvalue weighted by molar-refractivity contribution is 5.69. The van der Waals surface area contributed by atoms with E-state index in [-0.39, 0.29) is 5.92 Å². The predicted molar refractivity (Wildman–Crippen MR) is 115 cm³/mol. The van der Waals surface area contributed by atoms with E-state index in [1.54, 1.807) is 0 Å². The number of allylic oxidation sites excluding steroid dienone is 2. The van der Waals surface area contributed by atoms with Gasteiger partial charge in [-0.05, 0) is 32.1 Å². The molecule has 0 aliphatic heterocycles. The van der Waals surface area contributed by atoms with Crippen LogP contribution in [0.15, 0.2) is 12.2 Å². The fourth-order valence-electron chi connectivity index (χ4n) is 3.35. The minimum Gasteiger partial charge on any atom is -0.481 e. The van der Waals surface area contributed by atoms with Crippen molar-refractivity contribution in [3.05, 3.63) is 12.2 Å². The molecule has 0 bridgehead atoms. The second kappa shape index (κ2) is 20.5. The third kappa shape index (κ3) is 19.5. The molecule has 0 amide bonds. The Morgan fingerprint density at radius 1 is 0.692 bits per heavy atom. The first kappa shape index (κ1) is 25.2. The molecule has 2 nitrogen and oxygen atoms in total. The van der Waals surface area contributed by atoms with Crippen LogP contribution in [0.1, 0.15) is 129 Å². The van der Waals surface area contributed by atoms with E-state index in [9.17, 15) is 4.79 Å². The monoisotopic (exact) mass is 366 g/mol. The molecule has 0 fully saturated rings. The van der Waals surface area contributed by atoms with Gasteiger partial charge in [0.05, 0.1) is 5.92 Å². The maximum Gasteiger partial charge on any atom is 0.306 e. The maximum atomic E-state index is 10.7. The van der Waals surface area contributed by atoms with Crippen LogP contribution in [0.3, 0.4) is 0 Å². The van der Waals surface area contributed by atoms with Crippen LogP contribution in [-0.2, 0) is 4.79 Å². The molecule has 0 saturated heterocycles. The lowest BCUT2D eigenvalue weighted by molar-refractivity contribution is -0.141. The van der Waals surface area contributed by atoms with Gasteiger partial charge in [0, 0.05) is 0 Å². The minimum absolute atomic E-state index is 0.170. The Labute approximate surface area is 163 Å². The summed E-state index contributed by atoms with van der Waals surface area (Å²) in [6.07, 6.45) is 28.2. The molecule has 0 aliphatic carbocycles. The smallest absolute Gasteiger partial charge is 0.306 e. The van der Waals surface area contributed by atoms with Crippen molar-refractivity contribution in [2.45, 2.75) is 129 Å². The molecule has 2 heteroatoms. The van der Waals surface area contributed by atoms with Gasteiger partial charge in [0.2, 0.25) is 0 Å². The Bertz CT molecular complexity index is 322. The van der Waals surface area contributed by atoms with Gasteiger partial charge < -0.3 is 5.11 Å². The van der Waals surface area contributed by atoms with Gasteiger partial charge in [-0.1, -0.05) is 109 Å². The number of rotatable bonds is 20. The van der Waals surface area contributed by atoms with E-state index in [1.165, 1.54) is 103 Å². The topological polar surface area (TPSA) is 37.3 Å². The van der Waals surface area contributed by atoms with Crippen molar-refractivity contribution in [2.75, 3.05) is 0 Å². The SMILES string of the molecule is CCCCCC/C=C\CCCCCCCCCCCCCC(C)C(=O)O. The molecule has 26 heavy (non-hydrogen) atoms. The summed E-state index contributed by atoms with van der Waals surface area (Å²) in [6, 6.07) is 0. The Kier molecular flexibility index (Phi) is 19.9. The predicted octanol–water partition coefficient (Wildman–Crippen LogP) is 8.31.